The number of aromatic nitrogens is 1. The fourth-order valence-electron chi connectivity index (χ4n) is 1.92. The van der Waals surface area contributed by atoms with Gasteiger partial charge in [-0.25, -0.2) is 0 Å². The predicted molar refractivity (Wildman–Crippen MR) is 72.6 cm³/mol. The second-order valence-electron chi connectivity index (χ2n) is 4.38. The molecule has 2 rings (SSSR count). The second kappa shape index (κ2) is 4.45. The van der Waals surface area contributed by atoms with Crippen molar-refractivity contribution in [2.24, 2.45) is 0 Å². The van der Waals surface area contributed by atoms with Crippen LogP contribution in [0.2, 0.25) is 0 Å². The first-order chi connectivity index (χ1) is 8.06. The van der Waals surface area contributed by atoms with E-state index >= 15 is 0 Å². The van der Waals surface area contributed by atoms with Crippen molar-refractivity contribution in [2.45, 2.75) is 13.8 Å². The Kier molecular flexibility index (Phi) is 3.00. The van der Waals surface area contributed by atoms with Gasteiger partial charge < -0.3 is 10.6 Å². The van der Waals surface area contributed by atoms with Gasteiger partial charge in [-0.05, 0) is 43.2 Å². The Balaban J connectivity index is 2.39. The third kappa shape index (κ3) is 2.56. The molecule has 17 heavy (non-hydrogen) atoms. The average molecular weight is 227 g/mol. The molecule has 0 atom stereocenters. The maximum absolute atomic E-state index is 5.75. The van der Waals surface area contributed by atoms with Gasteiger partial charge in [-0.2, -0.15) is 0 Å². The zero-order chi connectivity index (χ0) is 12.4. The summed E-state index contributed by atoms with van der Waals surface area (Å²) in [6, 6.07) is 8.38. The number of nitrogens with zero attached hydrogens (tertiary/aromatic N) is 2. The zero-order valence-electron chi connectivity index (χ0n) is 10.4. The summed E-state index contributed by atoms with van der Waals surface area (Å²) in [5.74, 6) is 0. The molecule has 0 saturated carbocycles. The number of rotatable bonds is 2. The van der Waals surface area contributed by atoms with Crippen LogP contribution in [0.15, 0.2) is 36.7 Å². The van der Waals surface area contributed by atoms with E-state index in [0.717, 1.165) is 11.4 Å². The molecule has 3 nitrogen and oxygen atoms in total. The normalized spacial score (nSPS) is 10.3. The van der Waals surface area contributed by atoms with E-state index in [9.17, 15) is 0 Å². The van der Waals surface area contributed by atoms with Crippen LogP contribution in [0.5, 0.6) is 0 Å². The molecule has 2 aromatic rings. The number of nitrogens with two attached hydrogens (primary N) is 1. The van der Waals surface area contributed by atoms with Crippen molar-refractivity contribution in [1.29, 1.82) is 0 Å². The maximum atomic E-state index is 5.75. The van der Waals surface area contributed by atoms with Gasteiger partial charge in [0.15, 0.2) is 0 Å². The van der Waals surface area contributed by atoms with Gasteiger partial charge in [0.1, 0.15) is 0 Å². The first-order valence-electron chi connectivity index (χ1n) is 5.59. The Morgan fingerprint density at radius 1 is 0.941 bits per heavy atom. The number of hydrogen-bond donors (Lipinski definition) is 1. The highest BCUT2D eigenvalue weighted by Crippen LogP contribution is 2.25. The van der Waals surface area contributed by atoms with Gasteiger partial charge in [-0.15, -0.1) is 0 Å². The van der Waals surface area contributed by atoms with Crippen molar-refractivity contribution >= 4 is 17.1 Å². The van der Waals surface area contributed by atoms with E-state index in [2.05, 4.69) is 41.9 Å². The summed E-state index contributed by atoms with van der Waals surface area (Å²) in [6.45, 7) is 4.20. The zero-order valence-corrected chi connectivity index (χ0v) is 10.4. The third-order valence-corrected chi connectivity index (χ3v) is 2.73. The SMILES string of the molecule is Cc1cc(C)cc(N(C)c2cncc(N)c2)c1. The fourth-order valence-corrected chi connectivity index (χ4v) is 1.92. The van der Waals surface area contributed by atoms with Crippen LogP contribution in [0.1, 0.15) is 11.1 Å². The Bertz CT molecular complexity index is 514. The molecule has 88 valence electrons. The van der Waals surface area contributed by atoms with E-state index < -0.39 is 0 Å². The number of anilines is 3. The molecule has 0 aliphatic heterocycles. The standard InChI is InChI=1S/C14H17N3/c1-10-4-11(2)6-13(5-10)17(3)14-7-12(15)8-16-9-14/h4-9H,15H2,1-3H3. The molecule has 0 saturated heterocycles. The monoisotopic (exact) mass is 227 g/mol. The van der Waals surface area contributed by atoms with E-state index in [1.165, 1.54) is 11.1 Å². The van der Waals surface area contributed by atoms with Crippen molar-refractivity contribution in [3.05, 3.63) is 47.8 Å². The molecular formula is C14H17N3. The lowest BCUT2D eigenvalue weighted by Gasteiger charge is -2.20. The lowest BCUT2D eigenvalue weighted by molar-refractivity contribution is 1.17. The van der Waals surface area contributed by atoms with Crippen LogP contribution in [0.3, 0.4) is 0 Å². The van der Waals surface area contributed by atoms with Crippen LogP contribution in [-0.4, -0.2) is 12.0 Å². The number of nitrogen functional groups attached to an aromatic ring is 1. The Labute approximate surface area is 102 Å². The molecular weight excluding hydrogens is 210 g/mol. The maximum Gasteiger partial charge on any atom is 0.0615 e. The van der Waals surface area contributed by atoms with Crippen LogP contribution < -0.4 is 10.6 Å². The summed E-state index contributed by atoms with van der Waals surface area (Å²) in [7, 11) is 2.02. The van der Waals surface area contributed by atoms with Crippen LogP contribution in [0.4, 0.5) is 17.1 Å². The molecule has 0 amide bonds. The first kappa shape index (κ1) is 11.5. The van der Waals surface area contributed by atoms with Gasteiger partial charge >= 0.3 is 0 Å². The number of aryl methyl sites for hydroxylation is 2. The van der Waals surface area contributed by atoms with Crippen molar-refractivity contribution in [2.75, 3.05) is 17.7 Å². The van der Waals surface area contributed by atoms with Crippen molar-refractivity contribution in [3.63, 3.8) is 0 Å². The Morgan fingerprint density at radius 3 is 2.18 bits per heavy atom. The van der Waals surface area contributed by atoms with E-state index in [1.807, 2.05) is 19.3 Å². The minimum atomic E-state index is 0.679. The number of pyridine rings is 1. The van der Waals surface area contributed by atoms with Crippen molar-refractivity contribution in [3.8, 4) is 0 Å². The van der Waals surface area contributed by atoms with Crippen molar-refractivity contribution < 1.29 is 0 Å². The molecule has 1 heterocycles. The summed E-state index contributed by atoms with van der Waals surface area (Å²) >= 11 is 0. The van der Waals surface area contributed by atoms with E-state index in [-0.39, 0.29) is 0 Å². The predicted octanol–water partition coefficient (Wildman–Crippen LogP) is 3.05. The number of benzene rings is 1. The highest BCUT2D eigenvalue weighted by molar-refractivity contribution is 5.65. The van der Waals surface area contributed by atoms with Crippen LogP contribution in [0, 0.1) is 13.8 Å². The second-order valence-corrected chi connectivity index (χ2v) is 4.38. The molecule has 1 aromatic heterocycles. The highest BCUT2D eigenvalue weighted by Gasteiger charge is 2.05. The topological polar surface area (TPSA) is 42.2 Å². The molecule has 0 spiro atoms. The molecule has 2 N–H and O–H groups in total. The molecule has 0 aliphatic carbocycles. The summed E-state index contributed by atoms with van der Waals surface area (Å²) in [4.78, 5) is 6.20. The minimum Gasteiger partial charge on any atom is -0.397 e. The molecule has 3 heteroatoms. The van der Waals surface area contributed by atoms with Crippen LogP contribution in [0.25, 0.3) is 0 Å². The third-order valence-electron chi connectivity index (χ3n) is 2.73. The molecule has 0 bridgehead atoms. The molecule has 0 radical (unpaired) electrons. The lowest BCUT2D eigenvalue weighted by atomic mass is 10.1. The Morgan fingerprint density at radius 2 is 1.59 bits per heavy atom. The van der Waals surface area contributed by atoms with Crippen molar-refractivity contribution in [1.82, 2.24) is 4.98 Å². The summed E-state index contributed by atoms with van der Waals surface area (Å²) in [5.41, 5.74) is 11.1. The smallest absolute Gasteiger partial charge is 0.0615 e. The summed E-state index contributed by atoms with van der Waals surface area (Å²) in [5, 5.41) is 0. The largest absolute Gasteiger partial charge is 0.397 e. The van der Waals surface area contributed by atoms with Gasteiger partial charge in [0.05, 0.1) is 17.6 Å². The summed E-state index contributed by atoms with van der Waals surface area (Å²) < 4.78 is 0. The van der Waals surface area contributed by atoms with Gasteiger partial charge in [0, 0.05) is 18.9 Å². The molecule has 0 fully saturated rings. The van der Waals surface area contributed by atoms with Crippen LogP contribution >= 0.6 is 0 Å². The lowest BCUT2D eigenvalue weighted by Crippen LogP contribution is -2.10. The summed E-state index contributed by atoms with van der Waals surface area (Å²) in [6.07, 6.45) is 3.47. The van der Waals surface area contributed by atoms with Crippen LogP contribution in [-0.2, 0) is 0 Å². The molecule has 0 unspecified atom stereocenters. The van der Waals surface area contributed by atoms with Gasteiger partial charge in [0.2, 0.25) is 0 Å². The molecule has 1 aromatic carbocycles. The van der Waals surface area contributed by atoms with Gasteiger partial charge in [0.25, 0.3) is 0 Å². The highest BCUT2D eigenvalue weighted by atomic mass is 15.1. The van der Waals surface area contributed by atoms with E-state index in [1.54, 1.807) is 6.20 Å². The fraction of sp³-hybridized carbons (Fsp3) is 0.214. The van der Waals surface area contributed by atoms with E-state index in [0.29, 0.717) is 5.69 Å². The van der Waals surface area contributed by atoms with Gasteiger partial charge in [-0.3, -0.25) is 4.98 Å². The Hall–Kier alpha value is -2.03. The first-order valence-corrected chi connectivity index (χ1v) is 5.59. The minimum absolute atomic E-state index is 0.679. The van der Waals surface area contributed by atoms with E-state index in [4.69, 9.17) is 5.73 Å². The molecule has 0 aliphatic rings. The average Bonchev–Trinajstić information content (AvgIpc) is 2.26. The quantitative estimate of drug-likeness (QED) is 0.857. The van der Waals surface area contributed by atoms with Gasteiger partial charge in [-0.1, -0.05) is 6.07 Å². The number of hydrogen-bond acceptors (Lipinski definition) is 3.